The summed E-state index contributed by atoms with van der Waals surface area (Å²) in [6.45, 7) is 0. The lowest BCUT2D eigenvalue weighted by molar-refractivity contribution is -0.642. The van der Waals surface area contributed by atoms with Crippen LogP contribution in [0.4, 0.5) is 152 Å². The molecule has 4 heterocycles. The summed E-state index contributed by atoms with van der Waals surface area (Å²) in [7, 11) is -46.5. The molecule has 0 aliphatic heterocycles. The molecule has 0 bridgehead atoms. The van der Waals surface area contributed by atoms with E-state index in [0.29, 0.717) is 46.5 Å². The van der Waals surface area contributed by atoms with Gasteiger partial charge in [0, 0.05) is 48.5 Å². The summed E-state index contributed by atoms with van der Waals surface area (Å²) >= 11 is 0. The van der Waals surface area contributed by atoms with Crippen LogP contribution in [0.5, 0.6) is 0 Å². The summed E-state index contributed by atoms with van der Waals surface area (Å²) in [6.07, 6.45) is 0. The number of halogens is 24. The lowest BCUT2D eigenvalue weighted by Gasteiger charge is -2.22. The van der Waals surface area contributed by atoms with Gasteiger partial charge in [-0.3, -0.25) is 0 Å². The fourth-order valence-electron chi connectivity index (χ4n) is 3.33. The SMILES string of the molecule is C[n+]1c(N)cccc1N.C[n+]1c(N)cccc1N.C[n+]1c(N)cccc1N.C[n+]1c(N)cccc1N.O=S(=O)([N-]S(=O)(=O)C(F)(F)F)C(F)(F)F.O=S(=O)([N-]S(=O)(=O)C(F)(F)F)C(F)(F)F.O=S(=O)([N-]S(=O)(=O)C(F)(F)F)C(F)(F)F.O=S(=O)([N-]S(=O)(=O)C(F)(F)F)C(F)(F)F. The number of pyridine rings is 4. The van der Waals surface area contributed by atoms with Crippen LogP contribution >= 0.6 is 0 Å². The Hall–Kier alpha value is -7.24. The molecule has 0 saturated carbocycles. The standard InChI is InChI=1S/4C6H9N3.4C2F6NO4S2/c4*1-9-5(7)3-2-4-6(9)8;4*3-1(4,5)14(10,11)9-15(12,13)2(6,7)8/h4*2-4H,1H3,(H3,7,8);;;;/q;;;;4*-1/p+4. The van der Waals surface area contributed by atoms with Crippen molar-refractivity contribution in [3.05, 3.63) is 89.3 Å². The molecule has 0 aliphatic carbocycles. The predicted molar refractivity (Wildman–Crippen MR) is 279 cm³/mol. The van der Waals surface area contributed by atoms with E-state index < -0.39 is 124 Å². The van der Waals surface area contributed by atoms with E-state index in [2.05, 4.69) is 0 Å². The summed E-state index contributed by atoms with van der Waals surface area (Å²) in [4.78, 5) is 0. The zero-order valence-corrected chi connectivity index (χ0v) is 52.5. The molecule has 32 nitrogen and oxygen atoms in total. The summed E-state index contributed by atoms with van der Waals surface area (Å²) in [5, 5.41) is 0. The lowest BCUT2D eigenvalue weighted by Crippen LogP contribution is -2.35. The van der Waals surface area contributed by atoms with Crippen molar-refractivity contribution in [1.29, 1.82) is 0 Å². The van der Waals surface area contributed by atoms with Crippen LogP contribution in [0.25, 0.3) is 16.5 Å². The minimum Gasteiger partial charge on any atom is -0.421 e. The molecule has 0 spiro atoms. The number of nitrogens with two attached hydrogens (primary N) is 8. The topological polar surface area (TPSA) is 553 Å². The highest BCUT2D eigenvalue weighted by Crippen LogP contribution is 2.40. The number of hydrogen-bond donors (Lipinski definition) is 8. The van der Waals surface area contributed by atoms with Gasteiger partial charge in [-0.05, 0) is 24.3 Å². The Morgan fingerprint density at radius 3 is 0.344 bits per heavy atom. The molecule has 16 N–H and O–H groups in total. The molecular formula is C32H40F24N16O16S8. The van der Waals surface area contributed by atoms with Gasteiger partial charge in [0.2, 0.25) is 46.5 Å². The van der Waals surface area contributed by atoms with Crippen molar-refractivity contribution in [2.24, 2.45) is 28.2 Å². The molecule has 0 amide bonds. The number of aromatic nitrogens is 4. The highest BCUT2D eigenvalue weighted by molar-refractivity contribution is 8.14. The second-order valence-electron chi connectivity index (χ2n) is 15.4. The predicted octanol–water partition coefficient (Wildman–Crippen LogP) is 2.94. The molecular weight excluding hydrogens is 1580 g/mol. The van der Waals surface area contributed by atoms with Crippen molar-refractivity contribution in [1.82, 2.24) is 0 Å². The van der Waals surface area contributed by atoms with Crippen LogP contribution in [0, 0.1) is 0 Å². The van der Waals surface area contributed by atoms with E-state index in [9.17, 15) is 173 Å². The molecule has 0 radical (unpaired) electrons. The number of hydrogen-bond acceptors (Lipinski definition) is 24. The van der Waals surface area contributed by atoms with Gasteiger partial charge in [0.25, 0.3) is 0 Å². The van der Waals surface area contributed by atoms with Gasteiger partial charge in [-0.25, -0.2) is 85.6 Å². The third-order valence-corrected chi connectivity index (χ3v) is 19.3. The van der Waals surface area contributed by atoms with Gasteiger partial charge >= 0.3 is 44.1 Å². The minimum atomic E-state index is -6.72. The molecule has 0 atom stereocenters. The summed E-state index contributed by atoms with van der Waals surface area (Å²) in [6, 6.07) is 21.7. The van der Waals surface area contributed by atoms with Crippen LogP contribution < -0.4 is 64.1 Å². The molecule has 0 fully saturated rings. The number of sulfonamides is 8. The number of alkyl halides is 24. The van der Waals surface area contributed by atoms with Crippen molar-refractivity contribution in [3.8, 4) is 0 Å². The normalized spacial score (nSPS) is 13.1. The van der Waals surface area contributed by atoms with Crippen molar-refractivity contribution in [2.75, 3.05) is 45.9 Å². The van der Waals surface area contributed by atoms with E-state index in [-0.39, 0.29) is 0 Å². The van der Waals surface area contributed by atoms with Gasteiger partial charge in [0.1, 0.15) is 0 Å². The zero-order valence-electron chi connectivity index (χ0n) is 46.0. The second kappa shape index (κ2) is 33.3. The Balaban J connectivity index is -0.000000508. The van der Waals surface area contributed by atoms with Gasteiger partial charge in [-0.2, -0.15) is 105 Å². The largest absolute Gasteiger partial charge is 0.480 e. The van der Waals surface area contributed by atoms with Gasteiger partial charge < -0.3 is 62.4 Å². The number of anilines is 8. The maximum atomic E-state index is 11.4. The van der Waals surface area contributed by atoms with Crippen LogP contribution in [0.3, 0.4) is 0 Å². The molecule has 96 heavy (non-hydrogen) atoms. The Morgan fingerprint density at radius 2 is 0.292 bits per heavy atom. The zero-order chi connectivity index (χ0) is 78.2. The van der Waals surface area contributed by atoms with Gasteiger partial charge in [-0.1, -0.05) is 0 Å². The summed E-state index contributed by atoms with van der Waals surface area (Å²) in [5.74, 6) is 5.41. The number of rotatable bonds is 8. The van der Waals surface area contributed by atoms with E-state index in [4.69, 9.17) is 45.9 Å². The Labute approximate surface area is 523 Å². The van der Waals surface area contributed by atoms with Crippen molar-refractivity contribution in [2.45, 2.75) is 44.1 Å². The van der Waals surface area contributed by atoms with E-state index in [1.165, 1.54) is 0 Å². The van der Waals surface area contributed by atoms with Crippen LogP contribution in [0.1, 0.15) is 0 Å². The Kier molecular flexibility index (Phi) is 33.0. The molecule has 560 valence electrons. The Bertz CT molecular complexity index is 3440. The van der Waals surface area contributed by atoms with Gasteiger partial charge in [-0.15, -0.1) is 0 Å². The molecule has 0 unspecified atom stereocenters. The van der Waals surface area contributed by atoms with Crippen LogP contribution in [-0.4, -0.2) is 111 Å². The summed E-state index contributed by atoms with van der Waals surface area (Å²) < 4.78 is 444. The fourth-order valence-corrected chi connectivity index (χ4v) is 10.2. The van der Waals surface area contributed by atoms with Crippen LogP contribution in [-0.2, 0) is 108 Å². The van der Waals surface area contributed by atoms with E-state index in [0.717, 1.165) is 16.5 Å². The average molecular weight is 1620 g/mol. The second-order valence-corrected chi connectivity index (χ2v) is 29.1. The smallest absolute Gasteiger partial charge is 0.421 e. The lowest BCUT2D eigenvalue weighted by atomic mass is 10.4. The highest BCUT2D eigenvalue weighted by Gasteiger charge is 2.50. The quantitative estimate of drug-likeness (QED) is 0.0928. The minimum absolute atomic E-state index is 0.676. The first-order valence-electron chi connectivity index (χ1n) is 21.2. The number of nitrogens with zero attached hydrogens (tertiary/aromatic N) is 8. The van der Waals surface area contributed by atoms with E-state index in [1.54, 1.807) is 66.8 Å². The first-order valence-corrected chi connectivity index (χ1v) is 32.7. The maximum absolute atomic E-state index is 11.4. The maximum Gasteiger partial charge on any atom is 0.480 e. The monoisotopic (exact) mass is 1620 g/mol. The van der Waals surface area contributed by atoms with Crippen molar-refractivity contribution < 1.29 is 191 Å². The molecule has 0 aromatic carbocycles. The van der Waals surface area contributed by atoms with Crippen LogP contribution in [0.2, 0.25) is 0 Å². The first kappa shape index (κ1) is 95.2. The highest BCUT2D eigenvalue weighted by atomic mass is 32.3. The van der Waals surface area contributed by atoms with Crippen molar-refractivity contribution >= 4 is 127 Å². The van der Waals surface area contributed by atoms with Gasteiger partial charge in [0.15, 0.2) is 80.2 Å². The molecule has 4 aromatic rings. The molecule has 64 heteroatoms. The average Bonchev–Trinajstić information content (AvgIpc) is 3.33. The number of nitrogen functional groups attached to an aromatic ring is 8. The van der Waals surface area contributed by atoms with Crippen LogP contribution in [0.15, 0.2) is 72.8 Å². The van der Waals surface area contributed by atoms with E-state index in [1.807, 2.05) is 52.5 Å². The Morgan fingerprint density at radius 1 is 0.219 bits per heavy atom. The molecule has 0 aliphatic rings. The third-order valence-electron chi connectivity index (χ3n) is 8.36. The fraction of sp³-hybridized carbons (Fsp3) is 0.375. The third kappa shape index (κ3) is 30.5. The van der Waals surface area contributed by atoms with Crippen molar-refractivity contribution in [3.63, 3.8) is 0 Å². The molecule has 4 aromatic heterocycles. The molecule has 0 saturated heterocycles. The summed E-state index contributed by atoms with van der Waals surface area (Å²) in [5.41, 5.74) is -5.60. The molecule has 4 rings (SSSR count). The van der Waals surface area contributed by atoms with Gasteiger partial charge in [0.05, 0.1) is 28.2 Å². The van der Waals surface area contributed by atoms with E-state index >= 15 is 0 Å². The first-order chi connectivity index (χ1) is 41.7.